The maximum absolute atomic E-state index is 11.2. The van der Waals surface area contributed by atoms with Crippen LogP contribution in [-0.4, -0.2) is 21.2 Å². The van der Waals surface area contributed by atoms with E-state index in [-0.39, 0.29) is 10.8 Å². The number of nitrogens with one attached hydrogen (secondary N) is 2. The number of carbonyl (C=O) groups excluding carboxylic acids is 1. The second-order valence-electron chi connectivity index (χ2n) is 2.46. The number of aromatic amines is 2. The van der Waals surface area contributed by atoms with Crippen LogP contribution in [0.4, 0.5) is 0 Å². The van der Waals surface area contributed by atoms with Gasteiger partial charge in [-0.15, -0.1) is 0 Å². The molecule has 13 heavy (non-hydrogen) atoms. The fourth-order valence-corrected chi connectivity index (χ4v) is 1.25. The van der Waals surface area contributed by atoms with E-state index < -0.39 is 0 Å². The molecule has 6 heteroatoms. The molecule has 0 aromatic carbocycles. The van der Waals surface area contributed by atoms with Gasteiger partial charge in [-0.25, -0.2) is 4.98 Å². The Morgan fingerprint density at radius 2 is 2.23 bits per heavy atom. The van der Waals surface area contributed by atoms with Crippen LogP contribution in [-0.2, 0) is 0 Å². The second-order valence-corrected chi connectivity index (χ2v) is 2.82. The lowest BCUT2D eigenvalue weighted by atomic mass is 10.4. The number of nitrogens with zero attached hydrogens (tertiary/aromatic N) is 1. The molecule has 0 saturated heterocycles. The van der Waals surface area contributed by atoms with E-state index in [1.165, 1.54) is 6.07 Å². The molecule has 0 saturated carbocycles. The quantitative estimate of drug-likeness (QED) is 0.522. The molecule has 0 radical (unpaired) electrons. The predicted molar refractivity (Wildman–Crippen MR) is 47.1 cm³/mol. The van der Waals surface area contributed by atoms with Gasteiger partial charge in [0.2, 0.25) is 5.28 Å². The summed E-state index contributed by atoms with van der Waals surface area (Å²) in [6, 6.07) is 1.42. The van der Waals surface area contributed by atoms with Crippen LogP contribution >= 0.6 is 11.6 Å². The molecule has 2 N–H and O–H groups in total. The number of H-pyrrole nitrogens is 2. The number of carbonyl (C=O) groups is 1. The van der Waals surface area contributed by atoms with Crippen molar-refractivity contribution in [3.8, 4) is 0 Å². The molecular formula is C7H4ClN3O2. The normalized spacial score (nSPS) is 10.5. The number of hydrogen-bond acceptors (Lipinski definition) is 3. The molecule has 66 valence electrons. The molecule has 0 amide bonds. The van der Waals surface area contributed by atoms with E-state index in [0.717, 1.165) is 0 Å². The lowest BCUT2D eigenvalue weighted by Crippen LogP contribution is -2.06. The second kappa shape index (κ2) is 2.70. The van der Waals surface area contributed by atoms with Crippen molar-refractivity contribution >= 4 is 28.9 Å². The van der Waals surface area contributed by atoms with E-state index in [4.69, 9.17) is 11.6 Å². The summed E-state index contributed by atoms with van der Waals surface area (Å²) in [4.78, 5) is 30.3. The molecule has 2 heterocycles. The van der Waals surface area contributed by atoms with Gasteiger partial charge in [0.25, 0.3) is 5.56 Å². The Labute approximate surface area is 76.8 Å². The van der Waals surface area contributed by atoms with E-state index in [1.807, 2.05) is 0 Å². The maximum atomic E-state index is 11.2. The lowest BCUT2D eigenvalue weighted by molar-refractivity contribution is 0.112. The molecule has 2 aromatic rings. The number of halogens is 1. The monoisotopic (exact) mass is 197 g/mol. The highest BCUT2D eigenvalue weighted by molar-refractivity contribution is 6.28. The van der Waals surface area contributed by atoms with E-state index in [0.29, 0.717) is 23.0 Å². The van der Waals surface area contributed by atoms with Gasteiger partial charge in [0.15, 0.2) is 6.29 Å². The number of hydrogen-bond donors (Lipinski definition) is 2. The third kappa shape index (κ3) is 1.23. The molecule has 0 bridgehead atoms. The Morgan fingerprint density at radius 1 is 1.46 bits per heavy atom. The predicted octanol–water partition coefficient (Wildman–Crippen LogP) is 0.717. The van der Waals surface area contributed by atoms with Gasteiger partial charge in [-0.3, -0.25) is 14.6 Å². The molecule has 2 rings (SSSR count). The third-order valence-corrected chi connectivity index (χ3v) is 1.79. The van der Waals surface area contributed by atoms with Crippen molar-refractivity contribution in [2.24, 2.45) is 0 Å². The molecular weight excluding hydrogens is 194 g/mol. The zero-order valence-corrected chi connectivity index (χ0v) is 7.05. The van der Waals surface area contributed by atoms with Crippen molar-refractivity contribution in [1.82, 2.24) is 15.0 Å². The first-order valence-electron chi connectivity index (χ1n) is 3.44. The molecule has 0 aliphatic rings. The summed E-state index contributed by atoms with van der Waals surface area (Å²) in [5, 5.41) is 0.322. The van der Waals surface area contributed by atoms with Crippen molar-refractivity contribution in [2.75, 3.05) is 0 Å². The number of rotatable bonds is 1. The summed E-state index contributed by atoms with van der Waals surface area (Å²) in [6.45, 7) is 0. The first-order chi connectivity index (χ1) is 6.20. The van der Waals surface area contributed by atoms with Crippen LogP contribution in [0.2, 0.25) is 5.28 Å². The Morgan fingerprint density at radius 3 is 2.92 bits per heavy atom. The van der Waals surface area contributed by atoms with Crippen LogP contribution in [0.5, 0.6) is 0 Å². The molecule has 0 spiro atoms. The molecule has 2 aromatic heterocycles. The van der Waals surface area contributed by atoms with Crippen LogP contribution < -0.4 is 5.56 Å². The minimum absolute atomic E-state index is 0.00296. The molecule has 5 nitrogen and oxygen atoms in total. The molecule has 0 unspecified atom stereocenters. The van der Waals surface area contributed by atoms with E-state index in [1.54, 1.807) is 0 Å². The van der Waals surface area contributed by atoms with Crippen molar-refractivity contribution in [1.29, 1.82) is 0 Å². The van der Waals surface area contributed by atoms with Crippen LogP contribution in [0.1, 0.15) is 10.5 Å². The SMILES string of the molecule is O=Cc1cc2c(=O)[nH]c(Cl)nc2[nH]1. The van der Waals surface area contributed by atoms with Crippen molar-refractivity contribution < 1.29 is 4.79 Å². The standard InChI is InChI=1S/C7H4ClN3O2/c8-7-10-5-4(6(13)11-7)1-3(2-12)9-5/h1-2H,(H2,9,10,11,13). The smallest absolute Gasteiger partial charge is 0.261 e. The van der Waals surface area contributed by atoms with Crippen LogP contribution in [0.3, 0.4) is 0 Å². The van der Waals surface area contributed by atoms with Gasteiger partial charge in [0.1, 0.15) is 5.65 Å². The van der Waals surface area contributed by atoms with Gasteiger partial charge in [0, 0.05) is 0 Å². The minimum Gasteiger partial charge on any atom is -0.337 e. The fourth-order valence-electron chi connectivity index (χ4n) is 1.08. The van der Waals surface area contributed by atoms with Crippen LogP contribution in [0.25, 0.3) is 11.0 Å². The highest BCUT2D eigenvalue weighted by Crippen LogP contribution is 2.08. The Hall–Kier alpha value is -1.62. The van der Waals surface area contributed by atoms with Crippen LogP contribution in [0.15, 0.2) is 10.9 Å². The zero-order valence-electron chi connectivity index (χ0n) is 6.30. The Kier molecular flexibility index (Phi) is 1.66. The van der Waals surface area contributed by atoms with Gasteiger partial charge >= 0.3 is 0 Å². The minimum atomic E-state index is -0.362. The van der Waals surface area contributed by atoms with Gasteiger partial charge in [-0.05, 0) is 17.7 Å². The summed E-state index contributed by atoms with van der Waals surface area (Å²) in [7, 11) is 0. The van der Waals surface area contributed by atoms with Crippen molar-refractivity contribution in [3.05, 3.63) is 27.4 Å². The maximum Gasteiger partial charge on any atom is 0.261 e. The summed E-state index contributed by atoms with van der Waals surface area (Å²) >= 11 is 5.50. The first kappa shape index (κ1) is 8.00. The summed E-state index contributed by atoms with van der Waals surface area (Å²) in [6.07, 6.45) is 0.606. The average molecular weight is 198 g/mol. The zero-order chi connectivity index (χ0) is 9.42. The summed E-state index contributed by atoms with van der Waals surface area (Å²) in [5.41, 5.74) is 0.255. The third-order valence-electron chi connectivity index (χ3n) is 1.62. The largest absolute Gasteiger partial charge is 0.337 e. The molecule has 0 aliphatic carbocycles. The van der Waals surface area contributed by atoms with Gasteiger partial charge in [0.05, 0.1) is 11.1 Å². The first-order valence-corrected chi connectivity index (χ1v) is 3.82. The average Bonchev–Trinajstić information content (AvgIpc) is 2.47. The van der Waals surface area contributed by atoms with Crippen molar-refractivity contribution in [3.63, 3.8) is 0 Å². The van der Waals surface area contributed by atoms with E-state index in [2.05, 4.69) is 15.0 Å². The van der Waals surface area contributed by atoms with E-state index >= 15 is 0 Å². The van der Waals surface area contributed by atoms with Crippen molar-refractivity contribution in [2.45, 2.75) is 0 Å². The highest BCUT2D eigenvalue weighted by Gasteiger charge is 2.05. The topological polar surface area (TPSA) is 78.6 Å². The number of fused-ring (bicyclic) bond motifs is 1. The Bertz CT molecular complexity index is 528. The fraction of sp³-hybridized carbons (Fsp3) is 0. The molecule has 0 aliphatic heterocycles. The van der Waals surface area contributed by atoms with Crippen LogP contribution in [0, 0.1) is 0 Å². The van der Waals surface area contributed by atoms with Gasteiger partial charge in [-0.1, -0.05) is 0 Å². The highest BCUT2D eigenvalue weighted by atomic mass is 35.5. The number of aromatic nitrogens is 3. The summed E-state index contributed by atoms with van der Waals surface area (Å²) < 4.78 is 0. The van der Waals surface area contributed by atoms with E-state index in [9.17, 15) is 9.59 Å². The molecule has 0 fully saturated rings. The molecule has 0 atom stereocenters. The van der Waals surface area contributed by atoms with Gasteiger partial charge in [-0.2, -0.15) is 0 Å². The van der Waals surface area contributed by atoms with Gasteiger partial charge < -0.3 is 4.98 Å². The number of aldehydes is 1. The Balaban J connectivity index is 2.90. The lowest BCUT2D eigenvalue weighted by Gasteiger charge is -1.88. The summed E-state index contributed by atoms with van der Waals surface area (Å²) in [5.74, 6) is 0.